The van der Waals surface area contributed by atoms with Crippen LogP contribution in [0.4, 0.5) is 5.69 Å². The Morgan fingerprint density at radius 2 is 2.31 bits per heavy atom. The van der Waals surface area contributed by atoms with E-state index in [-0.39, 0.29) is 0 Å². The molecule has 0 saturated carbocycles. The maximum Gasteiger partial charge on any atom is 0.142 e. The van der Waals surface area contributed by atoms with Gasteiger partial charge in [-0.05, 0) is 38.0 Å². The molecule has 1 N–H and O–H groups in total. The number of fused-ring (bicyclic) bond motifs is 1. The Morgan fingerprint density at radius 3 is 3.00 bits per heavy atom. The van der Waals surface area contributed by atoms with Crippen molar-refractivity contribution >= 4 is 11.8 Å². The molecule has 1 aliphatic rings. The van der Waals surface area contributed by atoms with E-state index in [4.69, 9.17) is 4.74 Å². The smallest absolute Gasteiger partial charge is 0.142 e. The lowest BCUT2D eigenvalue weighted by atomic mass is 10.1. The first kappa shape index (κ1) is 11.1. The molecule has 0 unspecified atom stereocenters. The van der Waals surface area contributed by atoms with Crippen LogP contribution in [0.1, 0.15) is 32.8 Å². The minimum Gasteiger partial charge on any atom is -0.486 e. The summed E-state index contributed by atoms with van der Waals surface area (Å²) in [5.74, 6) is 0.976. The maximum atomic E-state index is 5.86. The van der Waals surface area contributed by atoms with Crippen LogP contribution in [-0.4, -0.2) is 12.6 Å². The molecule has 0 radical (unpaired) electrons. The van der Waals surface area contributed by atoms with Gasteiger partial charge in [-0.2, -0.15) is 0 Å². The highest BCUT2D eigenvalue weighted by atomic mass is 16.5. The molecule has 0 saturated heterocycles. The van der Waals surface area contributed by atoms with E-state index in [0.717, 1.165) is 24.4 Å². The first-order valence-corrected chi connectivity index (χ1v) is 5.88. The van der Waals surface area contributed by atoms with Crippen molar-refractivity contribution in [1.82, 2.24) is 0 Å². The third-order valence-corrected chi connectivity index (χ3v) is 2.73. The van der Waals surface area contributed by atoms with Gasteiger partial charge in [0.25, 0.3) is 0 Å². The zero-order chi connectivity index (χ0) is 11.5. The highest BCUT2D eigenvalue weighted by Crippen LogP contribution is 2.31. The molecule has 1 aromatic carbocycles. The molecule has 1 aromatic rings. The Balaban J connectivity index is 2.24. The number of benzene rings is 1. The van der Waals surface area contributed by atoms with Crippen LogP contribution in [0.5, 0.6) is 5.75 Å². The van der Waals surface area contributed by atoms with Gasteiger partial charge in [0.1, 0.15) is 11.9 Å². The van der Waals surface area contributed by atoms with E-state index >= 15 is 0 Å². The van der Waals surface area contributed by atoms with Crippen LogP contribution in [0.25, 0.3) is 6.08 Å². The van der Waals surface area contributed by atoms with Crippen LogP contribution < -0.4 is 10.1 Å². The van der Waals surface area contributed by atoms with E-state index < -0.39 is 0 Å². The molecule has 0 spiro atoms. The van der Waals surface area contributed by atoms with Gasteiger partial charge < -0.3 is 10.1 Å². The Bertz CT molecular complexity index is 405. The Hall–Kier alpha value is -1.44. The molecule has 0 aliphatic carbocycles. The predicted molar refractivity (Wildman–Crippen MR) is 69.0 cm³/mol. The molecule has 2 rings (SSSR count). The maximum absolute atomic E-state index is 5.86. The summed E-state index contributed by atoms with van der Waals surface area (Å²) in [7, 11) is 0. The van der Waals surface area contributed by atoms with Gasteiger partial charge >= 0.3 is 0 Å². The van der Waals surface area contributed by atoms with Crippen LogP contribution in [0.3, 0.4) is 0 Å². The topological polar surface area (TPSA) is 21.3 Å². The van der Waals surface area contributed by atoms with Crippen molar-refractivity contribution in [3.8, 4) is 5.75 Å². The average molecular weight is 217 g/mol. The zero-order valence-corrected chi connectivity index (χ0v) is 10.2. The second-order valence-electron chi connectivity index (χ2n) is 4.51. The SMILES string of the molecule is CC[C@H]1CNc2cc(C=C(C)C)ccc2O1. The molecule has 1 heterocycles. The highest BCUT2D eigenvalue weighted by Gasteiger charge is 2.17. The molecular weight excluding hydrogens is 198 g/mol. The number of anilines is 1. The summed E-state index contributed by atoms with van der Waals surface area (Å²) in [6, 6.07) is 6.30. The number of hydrogen-bond acceptors (Lipinski definition) is 2. The van der Waals surface area contributed by atoms with Gasteiger partial charge in [-0.25, -0.2) is 0 Å². The van der Waals surface area contributed by atoms with Gasteiger partial charge in [-0.1, -0.05) is 24.6 Å². The number of rotatable bonds is 2. The van der Waals surface area contributed by atoms with Crippen molar-refractivity contribution in [2.75, 3.05) is 11.9 Å². The average Bonchev–Trinajstić information content (AvgIpc) is 2.27. The molecule has 86 valence electrons. The molecule has 1 atom stereocenters. The summed E-state index contributed by atoms with van der Waals surface area (Å²) in [5.41, 5.74) is 3.65. The molecule has 1 aliphatic heterocycles. The monoisotopic (exact) mass is 217 g/mol. The number of nitrogens with one attached hydrogen (secondary N) is 1. The second kappa shape index (κ2) is 4.60. The molecule has 0 amide bonds. The summed E-state index contributed by atoms with van der Waals surface area (Å²) in [6.07, 6.45) is 3.53. The fourth-order valence-corrected chi connectivity index (χ4v) is 1.88. The standard InChI is InChI=1S/C14H19NO/c1-4-12-9-15-13-8-11(7-10(2)3)5-6-14(13)16-12/h5-8,12,15H,4,9H2,1-3H3/t12-/m0/s1. The first-order valence-electron chi connectivity index (χ1n) is 5.88. The van der Waals surface area contributed by atoms with Crippen molar-refractivity contribution in [3.05, 3.63) is 29.3 Å². The van der Waals surface area contributed by atoms with E-state index in [0.29, 0.717) is 6.10 Å². The number of ether oxygens (including phenoxy) is 1. The van der Waals surface area contributed by atoms with Gasteiger partial charge in [0, 0.05) is 0 Å². The lowest BCUT2D eigenvalue weighted by Crippen LogP contribution is -2.29. The number of hydrogen-bond donors (Lipinski definition) is 1. The van der Waals surface area contributed by atoms with Crippen LogP contribution in [0, 0.1) is 0 Å². The lowest BCUT2D eigenvalue weighted by Gasteiger charge is -2.26. The van der Waals surface area contributed by atoms with E-state index in [9.17, 15) is 0 Å². The van der Waals surface area contributed by atoms with Crippen LogP contribution in [-0.2, 0) is 0 Å². The summed E-state index contributed by atoms with van der Waals surface area (Å²) in [5, 5.41) is 3.42. The Kier molecular flexibility index (Phi) is 3.18. The van der Waals surface area contributed by atoms with Gasteiger partial charge in [-0.15, -0.1) is 0 Å². The minimum atomic E-state index is 0.307. The molecule has 16 heavy (non-hydrogen) atoms. The van der Waals surface area contributed by atoms with Crippen molar-refractivity contribution in [2.45, 2.75) is 33.3 Å². The molecule has 2 nitrogen and oxygen atoms in total. The quantitative estimate of drug-likeness (QED) is 0.815. The Morgan fingerprint density at radius 1 is 1.50 bits per heavy atom. The Labute approximate surface area is 97.3 Å². The largest absolute Gasteiger partial charge is 0.486 e. The molecular formula is C14H19NO. The fraction of sp³-hybridized carbons (Fsp3) is 0.429. The number of allylic oxidation sites excluding steroid dienone is 1. The van der Waals surface area contributed by atoms with Crippen molar-refractivity contribution < 1.29 is 4.74 Å². The summed E-state index contributed by atoms with van der Waals surface area (Å²) in [4.78, 5) is 0. The van der Waals surface area contributed by atoms with Crippen LogP contribution >= 0.6 is 0 Å². The van der Waals surface area contributed by atoms with Crippen LogP contribution in [0.15, 0.2) is 23.8 Å². The third kappa shape index (κ3) is 2.38. The molecule has 0 bridgehead atoms. The third-order valence-electron chi connectivity index (χ3n) is 2.73. The normalized spacial score (nSPS) is 18.1. The molecule has 2 heteroatoms. The summed E-state index contributed by atoms with van der Waals surface area (Å²) >= 11 is 0. The van der Waals surface area contributed by atoms with Gasteiger partial charge in [0.2, 0.25) is 0 Å². The second-order valence-corrected chi connectivity index (χ2v) is 4.51. The molecule has 0 aromatic heterocycles. The van der Waals surface area contributed by atoms with E-state index in [1.54, 1.807) is 0 Å². The first-order chi connectivity index (χ1) is 7.69. The summed E-state index contributed by atoms with van der Waals surface area (Å²) < 4.78 is 5.86. The van der Waals surface area contributed by atoms with Crippen molar-refractivity contribution in [2.24, 2.45) is 0 Å². The fourth-order valence-electron chi connectivity index (χ4n) is 1.88. The van der Waals surface area contributed by atoms with Gasteiger partial charge in [0.05, 0.1) is 12.2 Å². The lowest BCUT2D eigenvalue weighted by molar-refractivity contribution is 0.202. The van der Waals surface area contributed by atoms with Gasteiger partial charge in [0.15, 0.2) is 0 Å². The van der Waals surface area contributed by atoms with Crippen molar-refractivity contribution in [3.63, 3.8) is 0 Å². The minimum absolute atomic E-state index is 0.307. The van der Waals surface area contributed by atoms with E-state index in [1.165, 1.54) is 11.1 Å². The van der Waals surface area contributed by atoms with Crippen molar-refractivity contribution in [1.29, 1.82) is 0 Å². The van der Waals surface area contributed by atoms with Gasteiger partial charge in [-0.3, -0.25) is 0 Å². The molecule has 0 fully saturated rings. The predicted octanol–water partition coefficient (Wildman–Crippen LogP) is 3.69. The van der Waals surface area contributed by atoms with Crippen LogP contribution in [0.2, 0.25) is 0 Å². The van der Waals surface area contributed by atoms with E-state index in [2.05, 4.69) is 50.4 Å². The van der Waals surface area contributed by atoms with E-state index in [1.807, 2.05) is 0 Å². The zero-order valence-electron chi connectivity index (χ0n) is 10.2. The highest BCUT2D eigenvalue weighted by molar-refractivity contribution is 5.65. The summed E-state index contributed by atoms with van der Waals surface area (Å²) in [6.45, 7) is 7.27.